The third kappa shape index (κ3) is 4.22. The highest BCUT2D eigenvalue weighted by Crippen LogP contribution is 2.17. The predicted octanol–water partition coefficient (Wildman–Crippen LogP) is 2.53. The van der Waals surface area contributed by atoms with Crippen LogP contribution in [0.5, 0.6) is 5.75 Å². The Labute approximate surface area is 141 Å². The van der Waals surface area contributed by atoms with E-state index in [9.17, 15) is 0 Å². The van der Waals surface area contributed by atoms with E-state index in [4.69, 9.17) is 9.84 Å². The van der Waals surface area contributed by atoms with Crippen molar-refractivity contribution in [3.63, 3.8) is 0 Å². The second-order valence-electron chi connectivity index (χ2n) is 5.41. The molecule has 0 aliphatic carbocycles. The molecule has 0 atom stereocenters. The molecule has 5 nitrogen and oxygen atoms in total. The van der Waals surface area contributed by atoms with Crippen LogP contribution in [0.15, 0.2) is 67.0 Å². The summed E-state index contributed by atoms with van der Waals surface area (Å²) in [6.45, 7) is 1.74. The molecule has 0 radical (unpaired) electrons. The van der Waals surface area contributed by atoms with Gasteiger partial charge in [0.05, 0.1) is 18.5 Å². The molecule has 0 fully saturated rings. The van der Waals surface area contributed by atoms with Gasteiger partial charge in [0.1, 0.15) is 12.4 Å². The Morgan fingerprint density at radius 1 is 1.00 bits per heavy atom. The van der Waals surface area contributed by atoms with Gasteiger partial charge in [-0.2, -0.15) is 5.10 Å². The van der Waals surface area contributed by atoms with Gasteiger partial charge in [-0.15, -0.1) is 0 Å². The van der Waals surface area contributed by atoms with Gasteiger partial charge >= 0.3 is 0 Å². The lowest BCUT2D eigenvalue weighted by molar-refractivity contribution is 0.200. The van der Waals surface area contributed by atoms with Gasteiger partial charge in [-0.25, -0.2) is 4.68 Å². The van der Waals surface area contributed by atoms with Crippen molar-refractivity contribution in [1.29, 1.82) is 0 Å². The third-order valence-corrected chi connectivity index (χ3v) is 3.62. The molecule has 0 aliphatic rings. The number of ether oxygens (including phenoxy) is 1. The van der Waals surface area contributed by atoms with Crippen LogP contribution in [0.4, 0.5) is 0 Å². The van der Waals surface area contributed by atoms with Gasteiger partial charge in [-0.1, -0.05) is 36.4 Å². The summed E-state index contributed by atoms with van der Waals surface area (Å²) in [7, 11) is 0. The van der Waals surface area contributed by atoms with Crippen LogP contribution in [-0.2, 0) is 13.1 Å². The summed E-state index contributed by atoms with van der Waals surface area (Å²) in [5.74, 6) is 0.805. The Hall–Kier alpha value is -2.63. The zero-order valence-electron chi connectivity index (χ0n) is 13.4. The molecule has 1 aromatic heterocycles. The van der Waals surface area contributed by atoms with Crippen LogP contribution in [0.3, 0.4) is 0 Å². The van der Waals surface area contributed by atoms with E-state index < -0.39 is 0 Å². The number of para-hydroxylation sites is 2. The minimum absolute atomic E-state index is 0.0143. The van der Waals surface area contributed by atoms with Gasteiger partial charge in [0, 0.05) is 30.4 Å². The summed E-state index contributed by atoms with van der Waals surface area (Å²) in [5, 5.41) is 16.7. The second kappa shape index (κ2) is 8.29. The number of hydrogen-bond donors (Lipinski definition) is 2. The number of nitrogens with one attached hydrogen (secondary N) is 1. The molecule has 5 heteroatoms. The maximum atomic E-state index is 8.89. The Bertz CT molecular complexity index is 756. The monoisotopic (exact) mass is 323 g/mol. The van der Waals surface area contributed by atoms with Crippen molar-refractivity contribution < 1.29 is 9.84 Å². The number of aliphatic hydroxyl groups excluding tert-OH is 1. The smallest absolute Gasteiger partial charge is 0.123 e. The normalized spacial score (nSPS) is 10.7. The Morgan fingerprint density at radius 2 is 1.79 bits per heavy atom. The maximum absolute atomic E-state index is 8.89. The molecule has 24 heavy (non-hydrogen) atoms. The van der Waals surface area contributed by atoms with Crippen molar-refractivity contribution in [1.82, 2.24) is 15.1 Å². The molecule has 1 heterocycles. The molecular formula is C19H21N3O2. The lowest BCUT2D eigenvalue weighted by atomic mass is 10.2. The third-order valence-electron chi connectivity index (χ3n) is 3.62. The number of aliphatic hydroxyl groups is 1. The van der Waals surface area contributed by atoms with Gasteiger partial charge in [0.25, 0.3) is 0 Å². The average Bonchev–Trinajstić information content (AvgIpc) is 3.10. The first-order valence-corrected chi connectivity index (χ1v) is 7.98. The van der Waals surface area contributed by atoms with Crippen molar-refractivity contribution in [3.8, 4) is 11.4 Å². The fourth-order valence-electron chi connectivity index (χ4n) is 2.46. The van der Waals surface area contributed by atoms with E-state index >= 15 is 0 Å². The molecular weight excluding hydrogens is 302 g/mol. The molecule has 0 unspecified atom stereocenters. The lowest BCUT2D eigenvalue weighted by Crippen LogP contribution is -2.14. The van der Waals surface area contributed by atoms with Crippen molar-refractivity contribution in [2.24, 2.45) is 0 Å². The van der Waals surface area contributed by atoms with Crippen LogP contribution < -0.4 is 10.1 Å². The number of nitrogens with zero attached hydrogens (tertiary/aromatic N) is 2. The molecule has 2 N–H and O–H groups in total. The zero-order chi connectivity index (χ0) is 16.6. The summed E-state index contributed by atoms with van der Waals surface area (Å²) >= 11 is 0. The maximum Gasteiger partial charge on any atom is 0.123 e. The van der Waals surface area contributed by atoms with Gasteiger partial charge < -0.3 is 15.2 Å². The molecule has 0 spiro atoms. The number of benzene rings is 2. The number of hydrogen-bond acceptors (Lipinski definition) is 4. The Kier molecular flexibility index (Phi) is 5.61. The molecule has 0 amide bonds. The van der Waals surface area contributed by atoms with Crippen LogP contribution in [0, 0.1) is 0 Å². The molecule has 0 bridgehead atoms. The van der Waals surface area contributed by atoms with Crippen molar-refractivity contribution in [2.45, 2.75) is 13.1 Å². The summed E-state index contributed by atoms with van der Waals surface area (Å²) in [4.78, 5) is 0. The van der Waals surface area contributed by atoms with Crippen LogP contribution in [0.1, 0.15) is 11.1 Å². The molecule has 124 valence electrons. The summed E-state index contributed by atoms with van der Waals surface area (Å²) < 4.78 is 7.41. The van der Waals surface area contributed by atoms with Gasteiger partial charge in [0.15, 0.2) is 0 Å². The Balaban J connectivity index is 1.57. The Morgan fingerprint density at radius 3 is 2.62 bits per heavy atom. The van der Waals surface area contributed by atoms with E-state index in [1.54, 1.807) is 0 Å². The van der Waals surface area contributed by atoms with E-state index in [1.165, 1.54) is 0 Å². The number of aromatic nitrogens is 2. The van der Waals surface area contributed by atoms with Gasteiger partial charge in [-0.05, 0) is 18.2 Å². The first kappa shape index (κ1) is 16.2. The molecule has 0 saturated heterocycles. The van der Waals surface area contributed by atoms with E-state index in [1.807, 2.05) is 71.7 Å². The minimum Gasteiger partial charge on any atom is -0.491 e. The highest BCUT2D eigenvalue weighted by Gasteiger charge is 2.04. The fraction of sp³-hybridized carbons (Fsp3) is 0.211. The number of rotatable bonds is 8. The first-order valence-electron chi connectivity index (χ1n) is 7.98. The van der Waals surface area contributed by atoms with E-state index in [2.05, 4.69) is 10.4 Å². The van der Waals surface area contributed by atoms with Crippen LogP contribution in [-0.4, -0.2) is 28.1 Å². The quantitative estimate of drug-likeness (QED) is 0.669. The van der Waals surface area contributed by atoms with E-state index in [0.29, 0.717) is 13.2 Å². The standard InChI is InChI=1S/C19H21N3O2/c23-10-11-24-19-9-5-4-6-17(19)14-20-12-16-13-21-22(15-16)18-7-2-1-3-8-18/h1-9,13,15,20,23H,10-12,14H2. The van der Waals surface area contributed by atoms with Crippen LogP contribution >= 0.6 is 0 Å². The van der Waals surface area contributed by atoms with Crippen LogP contribution in [0.2, 0.25) is 0 Å². The molecule has 0 aliphatic heterocycles. The van der Waals surface area contributed by atoms with Crippen molar-refractivity contribution in [3.05, 3.63) is 78.1 Å². The zero-order valence-corrected chi connectivity index (χ0v) is 13.4. The molecule has 3 aromatic rings. The first-order chi connectivity index (χ1) is 11.9. The van der Waals surface area contributed by atoms with Gasteiger partial charge in [-0.3, -0.25) is 0 Å². The summed E-state index contributed by atoms with van der Waals surface area (Å²) in [5.41, 5.74) is 3.24. The molecule has 2 aromatic carbocycles. The fourth-order valence-corrected chi connectivity index (χ4v) is 2.46. The average molecular weight is 323 g/mol. The highest BCUT2D eigenvalue weighted by atomic mass is 16.5. The van der Waals surface area contributed by atoms with E-state index in [0.717, 1.165) is 29.1 Å². The SMILES string of the molecule is OCCOc1ccccc1CNCc1cnn(-c2ccccc2)c1. The predicted molar refractivity (Wildman–Crippen MR) is 93.1 cm³/mol. The minimum atomic E-state index is 0.0143. The summed E-state index contributed by atoms with van der Waals surface area (Å²) in [6, 6.07) is 17.9. The highest BCUT2D eigenvalue weighted by molar-refractivity contribution is 5.33. The molecule has 3 rings (SSSR count). The van der Waals surface area contributed by atoms with E-state index in [-0.39, 0.29) is 6.61 Å². The van der Waals surface area contributed by atoms with Crippen molar-refractivity contribution in [2.75, 3.05) is 13.2 Å². The largest absolute Gasteiger partial charge is 0.491 e. The second-order valence-corrected chi connectivity index (χ2v) is 5.41. The topological polar surface area (TPSA) is 59.3 Å². The van der Waals surface area contributed by atoms with Gasteiger partial charge in [0.2, 0.25) is 0 Å². The van der Waals surface area contributed by atoms with Crippen LogP contribution in [0.25, 0.3) is 5.69 Å². The summed E-state index contributed by atoms with van der Waals surface area (Å²) in [6.07, 6.45) is 3.89. The molecule has 0 saturated carbocycles. The lowest BCUT2D eigenvalue weighted by Gasteiger charge is -2.11. The van der Waals surface area contributed by atoms with Crippen molar-refractivity contribution >= 4 is 0 Å².